The number of nitrogens with one attached hydrogen (secondary N) is 1. The molecule has 0 radical (unpaired) electrons. The van der Waals surface area contributed by atoms with Crippen LogP contribution >= 0.6 is 0 Å². The summed E-state index contributed by atoms with van der Waals surface area (Å²) in [7, 11) is 0. The number of benzene rings is 2. The number of hydrogen-bond acceptors (Lipinski definition) is 1. The maximum atomic E-state index is 13.1. The van der Waals surface area contributed by atoms with Crippen molar-refractivity contribution in [2.45, 2.75) is 20.0 Å². The lowest BCUT2D eigenvalue weighted by Gasteiger charge is -2.06. The average molecular weight is 247 g/mol. The fourth-order valence-electron chi connectivity index (χ4n) is 1.77. The molecule has 1 nitrogen and oxygen atoms in total. The maximum Gasteiger partial charge on any atom is 0.126 e. The van der Waals surface area contributed by atoms with Crippen molar-refractivity contribution >= 4 is 0 Å². The summed E-state index contributed by atoms with van der Waals surface area (Å²) in [6, 6.07) is 11.5. The molecule has 18 heavy (non-hydrogen) atoms. The van der Waals surface area contributed by atoms with E-state index in [4.69, 9.17) is 0 Å². The fourth-order valence-corrected chi connectivity index (χ4v) is 1.77. The molecule has 0 saturated heterocycles. The first kappa shape index (κ1) is 12.7. The molecule has 3 heteroatoms. The molecule has 1 N–H and O–H groups in total. The van der Waals surface area contributed by atoms with Crippen LogP contribution in [0, 0.1) is 18.6 Å². The summed E-state index contributed by atoms with van der Waals surface area (Å²) in [6.07, 6.45) is 0. The highest BCUT2D eigenvalue weighted by Crippen LogP contribution is 2.09. The molecule has 0 heterocycles. The van der Waals surface area contributed by atoms with E-state index in [2.05, 4.69) is 5.32 Å². The van der Waals surface area contributed by atoms with Gasteiger partial charge in [-0.25, -0.2) is 8.78 Å². The van der Waals surface area contributed by atoms with E-state index in [0.717, 1.165) is 11.1 Å². The van der Waals surface area contributed by atoms with Crippen molar-refractivity contribution < 1.29 is 8.78 Å². The van der Waals surface area contributed by atoms with Crippen LogP contribution in [0.25, 0.3) is 0 Å². The van der Waals surface area contributed by atoms with Gasteiger partial charge in [-0.2, -0.15) is 0 Å². The lowest BCUT2D eigenvalue weighted by Crippen LogP contribution is -2.12. The normalized spacial score (nSPS) is 10.6. The molecule has 2 aromatic carbocycles. The van der Waals surface area contributed by atoms with Gasteiger partial charge in [-0.1, -0.05) is 24.3 Å². The van der Waals surface area contributed by atoms with Gasteiger partial charge in [0.2, 0.25) is 0 Å². The first-order valence-electron chi connectivity index (χ1n) is 5.85. The van der Waals surface area contributed by atoms with Crippen molar-refractivity contribution in [1.82, 2.24) is 5.32 Å². The van der Waals surface area contributed by atoms with Crippen molar-refractivity contribution in [3.63, 3.8) is 0 Å². The van der Waals surface area contributed by atoms with Crippen LogP contribution in [0.1, 0.15) is 16.7 Å². The van der Waals surface area contributed by atoms with Gasteiger partial charge < -0.3 is 5.32 Å². The zero-order chi connectivity index (χ0) is 13.0. The highest BCUT2D eigenvalue weighted by atomic mass is 19.1. The molecule has 0 aliphatic heterocycles. The van der Waals surface area contributed by atoms with Crippen LogP contribution in [0.15, 0.2) is 42.5 Å². The third-order valence-corrected chi connectivity index (χ3v) is 2.79. The van der Waals surface area contributed by atoms with E-state index in [1.165, 1.54) is 18.2 Å². The zero-order valence-corrected chi connectivity index (χ0v) is 10.2. The molecular formula is C15H15F2N. The second-order valence-corrected chi connectivity index (χ2v) is 4.31. The van der Waals surface area contributed by atoms with E-state index in [9.17, 15) is 8.78 Å². The van der Waals surface area contributed by atoms with E-state index >= 15 is 0 Å². The van der Waals surface area contributed by atoms with Crippen LogP contribution in [0.2, 0.25) is 0 Å². The Morgan fingerprint density at radius 2 is 1.50 bits per heavy atom. The van der Waals surface area contributed by atoms with Crippen molar-refractivity contribution in [3.8, 4) is 0 Å². The Kier molecular flexibility index (Phi) is 4.05. The van der Waals surface area contributed by atoms with Gasteiger partial charge in [-0.05, 0) is 41.8 Å². The third kappa shape index (κ3) is 3.37. The minimum Gasteiger partial charge on any atom is -0.309 e. The minimum absolute atomic E-state index is 0.183. The summed E-state index contributed by atoms with van der Waals surface area (Å²) in [5, 5.41) is 3.24. The van der Waals surface area contributed by atoms with Crippen LogP contribution in [0.4, 0.5) is 8.78 Å². The molecule has 0 unspecified atom stereocenters. The van der Waals surface area contributed by atoms with Gasteiger partial charge in [-0.15, -0.1) is 0 Å². The highest BCUT2D eigenvalue weighted by Gasteiger charge is 1.99. The van der Waals surface area contributed by atoms with Crippen LogP contribution in [-0.4, -0.2) is 0 Å². The van der Waals surface area contributed by atoms with Gasteiger partial charge in [0, 0.05) is 13.1 Å². The van der Waals surface area contributed by atoms with E-state index < -0.39 is 0 Å². The molecule has 0 aromatic heterocycles. The first-order chi connectivity index (χ1) is 8.65. The molecule has 0 fully saturated rings. The van der Waals surface area contributed by atoms with Gasteiger partial charge in [0.1, 0.15) is 11.6 Å². The summed E-state index contributed by atoms with van der Waals surface area (Å²) in [4.78, 5) is 0. The SMILES string of the molecule is Cc1cc(CNCc2ccc(F)cc2)ccc1F. The van der Waals surface area contributed by atoms with E-state index in [1.54, 1.807) is 25.1 Å². The molecule has 0 spiro atoms. The van der Waals surface area contributed by atoms with Crippen LogP contribution in [0.5, 0.6) is 0 Å². The Morgan fingerprint density at radius 3 is 2.17 bits per heavy atom. The van der Waals surface area contributed by atoms with Crippen molar-refractivity contribution in [2.24, 2.45) is 0 Å². The number of aryl methyl sites for hydroxylation is 1. The summed E-state index contributed by atoms with van der Waals surface area (Å²) in [5.74, 6) is -0.412. The predicted molar refractivity (Wildman–Crippen MR) is 68.1 cm³/mol. The molecular weight excluding hydrogens is 232 g/mol. The van der Waals surface area contributed by atoms with Gasteiger partial charge in [0.05, 0.1) is 0 Å². The monoisotopic (exact) mass is 247 g/mol. The van der Waals surface area contributed by atoms with Crippen molar-refractivity contribution in [2.75, 3.05) is 0 Å². The molecule has 94 valence electrons. The molecule has 0 aliphatic carbocycles. The van der Waals surface area contributed by atoms with Gasteiger partial charge in [-0.3, -0.25) is 0 Å². The number of hydrogen-bond donors (Lipinski definition) is 1. The second kappa shape index (κ2) is 5.74. The quantitative estimate of drug-likeness (QED) is 0.871. The number of rotatable bonds is 4. The Bertz CT molecular complexity index is 521. The fraction of sp³-hybridized carbons (Fsp3) is 0.200. The lowest BCUT2D eigenvalue weighted by atomic mass is 10.1. The van der Waals surface area contributed by atoms with Gasteiger partial charge in [0.15, 0.2) is 0 Å². The standard InChI is InChI=1S/C15H15F2N/c1-11-8-13(4-7-15(11)17)10-18-9-12-2-5-14(16)6-3-12/h2-8,18H,9-10H2,1H3. The van der Waals surface area contributed by atoms with E-state index in [-0.39, 0.29) is 11.6 Å². The molecule has 0 bridgehead atoms. The second-order valence-electron chi connectivity index (χ2n) is 4.31. The first-order valence-corrected chi connectivity index (χ1v) is 5.85. The van der Waals surface area contributed by atoms with Crippen LogP contribution < -0.4 is 5.32 Å². The minimum atomic E-state index is -0.229. The predicted octanol–water partition coefficient (Wildman–Crippen LogP) is 3.56. The Morgan fingerprint density at radius 1 is 0.889 bits per heavy atom. The topological polar surface area (TPSA) is 12.0 Å². The lowest BCUT2D eigenvalue weighted by molar-refractivity contribution is 0.615. The van der Waals surface area contributed by atoms with Crippen molar-refractivity contribution in [3.05, 3.63) is 70.8 Å². The Balaban J connectivity index is 1.88. The van der Waals surface area contributed by atoms with Crippen LogP contribution in [-0.2, 0) is 13.1 Å². The Hall–Kier alpha value is -1.74. The smallest absolute Gasteiger partial charge is 0.126 e. The van der Waals surface area contributed by atoms with Crippen molar-refractivity contribution in [1.29, 1.82) is 0 Å². The molecule has 2 rings (SSSR count). The summed E-state index contributed by atoms with van der Waals surface area (Å²) >= 11 is 0. The summed E-state index contributed by atoms with van der Waals surface area (Å²) < 4.78 is 25.8. The molecule has 0 aliphatic rings. The summed E-state index contributed by atoms with van der Waals surface area (Å²) in [5.41, 5.74) is 2.71. The van der Waals surface area contributed by atoms with E-state index in [0.29, 0.717) is 18.7 Å². The average Bonchev–Trinajstić information content (AvgIpc) is 2.36. The maximum absolute atomic E-state index is 13.1. The van der Waals surface area contributed by atoms with E-state index in [1.807, 2.05) is 6.07 Å². The molecule has 0 amide bonds. The third-order valence-electron chi connectivity index (χ3n) is 2.79. The molecule has 0 atom stereocenters. The molecule has 2 aromatic rings. The van der Waals surface area contributed by atoms with Gasteiger partial charge >= 0.3 is 0 Å². The van der Waals surface area contributed by atoms with Crippen LogP contribution in [0.3, 0.4) is 0 Å². The summed E-state index contributed by atoms with van der Waals surface area (Å²) in [6.45, 7) is 3.08. The largest absolute Gasteiger partial charge is 0.309 e. The highest BCUT2D eigenvalue weighted by molar-refractivity contribution is 5.24. The number of halogens is 2. The van der Waals surface area contributed by atoms with Gasteiger partial charge in [0.25, 0.3) is 0 Å². The molecule has 0 saturated carbocycles. The Labute approximate surface area is 105 Å². The zero-order valence-electron chi connectivity index (χ0n) is 10.2.